The van der Waals surface area contributed by atoms with Crippen molar-refractivity contribution < 1.29 is 22.4 Å². The van der Waals surface area contributed by atoms with E-state index in [9.17, 15) is 13.2 Å². The molecule has 0 aliphatic heterocycles. The van der Waals surface area contributed by atoms with Gasteiger partial charge in [-0.05, 0) is 24.3 Å². The number of carbonyl (C=O) groups is 1. The Labute approximate surface area is 114 Å². The Morgan fingerprint density at radius 2 is 1.89 bits per heavy atom. The van der Waals surface area contributed by atoms with E-state index in [1.54, 1.807) is 12.1 Å². The lowest BCUT2D eigenvalue weighted by molar-refractivity contribution is 0.0566. The number of hydrogen-bond acceptors (Lipinski definition) is 5. The van der Waals surface area contributed by atoms with Gasteiger partial charge >= 0.3 is 5.97 Å². The van der Waals surface area contributed by atoms with Gasteiger partial charge in [-0.2, -0.15) is 0 Å². The number of furan rings is 1. The van der Waals surface area contributed by atoms with Crippen LogP contribution >= 0.6 is 10.7 Å². The Bertz CT molecular complexity index is 717. The van der Waals surface area contributed by atoms with Gasteiger partial charge in [-0.25, -0.2) is 13.2 Å². The first-order valence-corrected chi connectivity index (χ1v) is 7.46. The molecule has 0 spiro atoms. The molecule has 5 nitrogen and oxygen atoms in total. The molecule has 1 heterocycles. The summed E-state index contributed by atoms with van der Waals surface area (Å²) in [5.41, 5.74) is 0.285. The highest BCUT2D eigenvalue weighted by Gasteiger charge is 2.19. The van der Waals surface area contributed by atoms with Gasteiger partial charge in [-0.1, -0.05) is 12.1 Å². The van der Waals surface area contributed by atoms with Crippen LogP contribution in [0.15, 0.2) is 45.7 Å². The summed E-state index contributed by atoms with van der Waals surface area (Å²) in [5.74, 6) is -0.433. The number of hydrogen-bond donors (Lipinski definition) is 0. The van der Waals surface area contributed by atoms with Crippen LogP contribution in [0.25, 0.3) is 11.3 Å². The summed E-state index contributed by atoms with van der Waals surface area (Å²) in [5, 5.41) is 0. The van der Waals surface area contributed by atoms with Crippen LogP contribution in [0.5, 0.6) is 0 Å². The lowest BCUT2D eigenvalue weighted by atomic mass is 10.2. The van der Waals surface area contributed by atoms with Crippen LogP contribution in [0.2, 0.25) is 0 Å². The van der Waals surface area contributed by atoms with Crippen LogP contribution < -0.4 is 0 Å². The molecule has 2 rings (SSSR count). The highest BCUT2D eigenvalue weighted by Crippen LogP contribution is 2.30. The number of carbonyl (C=O) groups excluding carboxylic acids is 1. The summed E-state index contributed by atoms with van der Waals surface area (Å²) in [6.07, 6.45) is 0. The van der Waals surface area contributed by atoms with Crippen LogP contribution in [0.1, 0.15) is 10.6 Å². The molecule has 0 bridgehead atoms. The maximum absolute atomic E-state index is 11.5. The average molecular weight is 301 g/mol. The minimum atomic E-state index is -3.90. The second-order valence-electron chi connectivity index (χ2n) is 3.59. The van der Waals surface area contributed by atoms with Crippen molar-refractivity contribution in [3.63, 3.8) is 0 Å². The summed E-state index contributed by atoms with van der Waals surface area (Å²) in [4.78, 5) is 11.2. The number of halogens is 1. The van der Waals surface area contributed by atoms with Crippen LogP contribution in [-0.4, -0.2) is 21.5 Å². The quantitative estimate of drug-likeness (QED) is 0.643. The van der Waals surface area contributed by atoms with Gasteiger partial charge in [0.1, 0.15) is 5.76 Å². The van der Waals surface area contributed by atoms with Crippen LogP contribution in [0, 0.1) is 0 Å². The standard InChI is InChI=1S/C12H9ClO5S/c1-17-12(14)10-7-6-9(18-10)8-4-2-3-5-11(8)19(13,15)16/h2-7H,1H3. The molecular weight excluding hydrogens is 292 g/mol. The van der Waals surface area contributed by atoms with E-state index in [0.717, 1.165) is 0 Å². The molecule has 0 amide bonds. The predicted molar refractivity (Wildman–Crippen MR) is 68.5 cm³/mol. The first-order chi connectivity index (χ1) is 8.93. The summed E-state index contributed by atoms with van der Waals surface area (Å²) in [7, 11) is 2.67. The highest BCUT2D eigenvalue weighted by molar-refractivity contribution is 8.13. The molecule has 0 aliphatic rings. The van der Waals surface area contributed by atoms with Gasteiger partial charge in [0, 0.05) is 16.2 Å². The van der Waals surface area contributed by atoms with Crippen LogP contribution in [0.3, 0.4) is 0 Å². The Balaban J connectivity index is 2.54. The second-order valence-corrected chi connectivity index (χ2v) is 6.12. The zero-order chi connectivity index (χ0) is 14.0. The maximum Gasteiger partial charge on any atom is 0.373 e. The summed E-state index contributed by atoms with van der Waals surface area (Å²) >= 11 is 0. The van der Waals surface area contributed by atoms with Crippen molar-refractivity contribution in [2.75, 3.05) is 7.11 Å². The van der Waals surface area contributed by atoms with Gasteiger partial charge in [-0.15, -0.1) is 0 Å². The van der Waals surface area contributed by atoms with E-state index >= 15 is 0 Å². The molecule has 100 valence electrons. The van der Waals surface area contributed by atoms with Crippen molar-refractivity contribution in [2.45, 2.75) is 4.90 Å². The molecule has 0 aliphatic carbocycles. The van der Waals surface area contributed by atoms with Gasteiger partial charge in [0.2, 0.25) is 5.76 Å². The number of methoxy groups -OCH3 is 1. The zero-order valence-corrected chi connectivity index (χ0v) is 11.4. The Kier molecular flexibility index (Phi) is 3.64. The third-order valence-electron chi connectivity index (χ3n) is 2.41. The van der Waals surface area contributed by atoms with Gasteiger partial charge in [0.05, 0.1) is 12.0 Å². The average Bonchev–Trinajstić information content (AvgIpc) is 2.86. The summed E-state index contributed by atoms with van der Waals surface area (Å²) in [6, 6.07) is 8.96. The lowest BCUT2D eigenvalue weighted by Crippen LogP contribution is -1.98. The monoisotopic (exact) mass is 300 g/mol. The first-order valence-electron chi connectivity index (χ1n) is 5.15. The highest BCUT2D eigenvalue weighted by atomic mass is 35.7. The third kappa shape index (κ3) is 2.80. The zero-order valence-electron chi connectivity index (χ0n) is 9.79. The van der Waals surface area contributed by atoms with E-state index in [2.05, 4.69) is 4.74 Å². The van der Waals surface area contributed by atoms with Gasteiger partial charge in [0.25, 0.3) is 9.05 Å². The molecule has 0 atom stereocenters. The largest absolute Gasteiger partial charge is 0.463 e. The fourth-order valence-electron chi connectivity index (χ4n) is 1.58. The SMILES string of the molecule is COC(=O)c1ccc(-c2ccccc2S(=O)(=O)Cl)o1. The second kappa shape index (κ2) is 5.07. The molecule has 7 heteroatoms. The molecular formula is C12H9ClO5S. The summed E-state index contributed by atoms with van der Waals surface area (Å²) < 4.78 is 32.7. The fourth-order valence-corrected chi connectivity index (χ4v) is 2.65. The molecule has 1 aromatic heterocycles. The Morgan fingerprint density at radius 1 is 1.21 bits per heavy atom. The molecule has 19 heavy (non-hydrogen) atoms. The molecule has 0 fully saturated rings. The molecule has 0 radical (unpaired) electrons. The van der Waals surface area contributed by atoms with Crippen molar-refractivity contribution in [1.82, 2.24) is 0 Å². The number of ether oxygens (including phenoxy) is 1. The number of rotatable bonds is 3. The Hall–Kier alpha value is -1.79. The van der Waals surface area contributed by atoms with E-state index in [4.69, 9.17) is 15.1 Å². The minimum absolute atomic E-state index is 0.0146. The van der Waals surface area contributed by atoms with Crippen LogP contribution in [-0.2, 0) is 13.8 Å². The van der Waals surface area contributed by atoms with Crippen LogP contribution in [0.4, 0.5) is 0 Å². The smallest absolute Gasteiger partial charge is 0.373 e. The number of esters is 1. The predicted octanol–water partition coefficient (Wildman–Crippen LogP) is 2.66. The molecule has 1 aromatic carbocycles. The minimum Gasteiger partial charge on any atom is -0.463 e. The van der Waals surface area contributed by atoms with E-state index in [1.165, 1.54) is 31.4 Å². The van der Waals surface area contributed by atoms with Gasteiger partial charge in [0.15, 0.2) is 0 Å². The maximum atomic E-state index is 11.5. The number of benzene rings is 1. The molecule has 0 unspecified atom stereocenters. The summed E-state index contributed by atoms with van der Waals surface area (Å²) in [6.45, 7) is 0. The van der Waals surface area contributed by atoms with E-state index in [-0.39, 0.29) is 22.0 Å². The molecule has 0 saturated heterocycles. The third-order valence-corrected chi connectivity index (χ3v) is 3.79. The van der Waals surface area contributed by atoms with Gasteiger partial charge < -0.3 is 9.15 Å². The molecule has 2 aromatic rings. The lowest BCUT2D eigenvalue weighted by Gasteiger charge is -2.03. The van der Waals surface area contributed by atoms with Crippen molar-refractivity contribution in [3.8, 4) is 11.3 Å². The molecule has 0 saturated carbocycles. The topological polar surface area (TPSA) is 73.6 Å². The van der Waals surface area contributed by atoms with E-state index in [0.29, 0.717) is 0 Å². The first kappa shape index (κ1) is 13.6. The van der Waals surface area contributed by atoms with E-state index < -0.39 is 15.0 Å². The fraction of sp³-hybridized carbons (Fsp3) is 0.0833. The van der Waals surface area contributed by atoms with Crippen molar-refractivity contribution in [3.05, 3.63) is 42.2 Å². The Morgan fingerprint density at radius 3 is 2.53 bits per heavy atom. The van der Waals surface area contributed by atoms with Crippen molar-refractivity contribution >= 4 is 25.7 Å². The van der Waals surface area contributed by atoms with Crippen molar-refractivity contribution in [2.24, 2.45) is 0 Å². The van der Waals surface area contributed by atoms with E-state index in [1.807, 2.05) is 0 Å². The molecule has 0 N–H and O–H groups in total. The van der Waals surface area contributed by atoms with Gasteiger partial charge in [-0.3, -0.25) is 0 Å². The normalized spacial score (nSPS) is 11.3. The van der Waals surface area contributed by atoms with Crippen molar-refractivity contribution in [1.29, 1.82) is 0 Å².